The number of Topliss-reactive ketones (excluding diaryl/α,β-unsaturated/α-hetero) is 5. The van der Waals surface area contributed by atoms with Crippen LogP contribution in [-0.2, 0) is 36.8 Å². The number of fused-ring (bicyclic) bond motifs is 3. The molecule has 6 atom stereocenters. The molecule has 11 nitrogen and oxygen atoms in total. The summed E-state index contributed by atoms with van der Waals surface area (Å²) in [5.41, 5.74) is 5.29. The second-order valence-corrected chi connectivity index (χ2v) is 12.4. The van der Waals surface area contributed by atoms with Gasteiger partial charge in [-0.25, -0.2) is 0 Å². The van der Waals surface area contributed by atoms with Crippen LogP contribution in [0.3, 0.4) is 0 Å². The zero-order chi connectivity index (χ0) is 31.5. The van der Waals surface area contributed by atoms with Gasteiger partial charge in [0.2, 0.25) is 5.91 Å². The van der Waals surface area contributed by atoms with Crippen LogP contribution in [0.25, 0.3) is 11.1 Å². The molecule has 0 radical (unpaired) electrons. The van der Waals surface area contributed by atoms with Gasteiger partial charge in [0.15, 0.2) is 40.4 Å². The van der Waals surface area contributed by atoms with Gasteiger partial charge in [0, 0.05) is 12.3 Å². The van der Waals surface area contributed by atoms with Crippen molar-refractivity contribution >= 4 is 34.8 Å². The van der Waals surface area contributed by atoms with Crippen molar-refractivity contribution in [1.29, 1.82) is 0 Å². The Balaban J connectivity index is 1.54. The summed E-state index contributed by atoms with van der Waals surface area (Å²) < 4.78 is 0. The molecule has 0 aromatic heterocycles. The topological polar surface area (TPSA) is 175 Å². The number of nitrogens with zero attached hydrogens (tertiary/aromatic N) is 2. The van der Waals surface area contributed by atoms with E-state index < -0.39 is 64.4 Å². The van der Waals surface area contributed by atoms with E-state index in [9.17, 15) is 39.0 Å². The highest BCUT2D eigenvalue weighted by Gasteiger charge is 2.69. The zero-order valence-electron chi connectivity index (χ0n) is 24.5. The van der Waals surface area contributed by atoms with Crippen molar-refractivity contribution in [3.8, 4) is 16.9 Å². The molecule has 226 valence electrons. The minimum Gasteiger partial charge on any atom is -0.507 e. The van der Waals surface area contributed by atoms with E-state index in [-0.39, 0.29) is 36.4 Å². The maximum atomic E-state index is 14.0. The van der Waals surface area contributed by atoms with Crippen molar-refractivity contribution in [3.63, 3.8) is 0 Å². The van der Waals surface area contributed by atoms with Crippen LogP contribution in [0.15, 0.2) is 36.4 Å². The van der Waals surface area contributed by atoms with Gasteiger partial charge in [-0.1, -0.05) is 30.3 Å². The Morgan fingerprint density at radius 1 is 0.977 bits per heavy atom. The molecular weight excluding hydrogens is 554 g/mol. The number of phenols is 1. The Bertz CT molecular complexity index is 1560. The van der Waals surface area contributed by atoms with E-state index in [1.807, 2.05) is 38.4 Å². The van der Waals surface area contributed by atoms with E-state index in [1.54, 1.807) is 25.1 Å². The first-order chi connectivity index (χ1) is 20.2. The second-order valence-electron chi connectivity index (χ2n) is 12.4. The minimum atomic E-state index is -2.76. The minimum absolute atomic E-state index is 0.0219. The number of nitrogens with two attached hydrogens (primary N) is 1. The number of aromatic hydroxyl groups is 1. The maximum absolute atomic E-state index is 14.0. The third-order valence-corrected chi connectivity index (χ3v) is 9.10. The Morgan fingerprint density at radius 3 is 2.21 bits per heavy atom. The molecular formula is C32H35N3O8. The number of rotatable bonds is 7. The molecule has 2 aromatic rings. The van der Waals surface area contributed by atoms with Crippen molar-refractivity contribution in [2.75, 3.05) is 34.7 Å². The first kappa shape index (κ1) is 30.4. The molecule has 5 rings (SSSR count). The number of primary amides is 1. The number of ketones is 5. The summed E-state index contributed by atoms with van der Waals surface area (Å²) in [6.07, 6.45) is 0.409. The molecule has 2 saturated carbocycles. The predicted molar refractivity (Wildman–Crippen MR) is 154 cm³/mol. The van der Waals surface area contributed by atoms with Crippen LogP contribution in [0, 0.1) is 23.7 Å². The summed E-state index contributed by atoms with van der Waals surface area (Å²) in [4.78, 5) is 82.2. The van der Waals surface area contributed by atoms with Crippen LogP contribution in [0.4, 0.5) is 0 Å². The number of likely N-dealkylation sites (N-methyl/N-ethyl adjacent to an activating group) is 2. The van der Waals surface area contributed by atoms with Crippen molar-refractivity contribution in [3.05, 3.63) is 53.1 Å². The molecule has 4 N–H and O–H groups in total. The Kier molecular flexibility index (Phi) is 7.70. The van der Waals surface area contributed by atoms with Crippen LogP contribution in [0.5, 0.6) is 5.75 Å². The van der Waals surface area contributed by atoms with E-state index >= 15 is 0 Å². The average Bonchev–Trinajstić information content (AvgIpc) is 2.90. The van der Waals surface area contributed by atoms with Crippen LogP contribution in [0.1, 0.15) is 27.9 Å². The fourth-order valence-electron chi connectivity index (χ4n) is 7.31. The number of hydrogen-bond acceptors (Lipinski definition) is 10. The van der Waals surface area contributed by atoms with Gasteiger partial charge in [0.05, 0.1) is 24.1 Å². The van der Waals surface area contributed by atoms with Crippen molar-refractivity contribution in [2.45, 2.75) is 30.9 Å². The van der Waals surface area contributed by atoms with Gasteiger partial charge in [-0.15, -0.1) is 0 Å². The monoisotopic (exact) mass is 589 g/mol. The summed E-state index contributed by atoms with van der Waals surface area (Å²) in [6, 6.07) is 9.21. The Labute approximate surface area is 248 Å². The molecule has 0 heterocycles. The highest BCUT2D eigenvalue weighted by atomic mass is 16.3. The molecule has 0 aliphatic heterocycles. The third-order valence-electron chi connectivity index (χ3n) is 9.10. The summed E-state index contributed by atoms with van der Waals surface area (Å²) in [7, 11) is 6.73. The Hall–Kier alpha value is -4.06. The largest absolute Gasteiger partial charge is 0.507 e. The van der Waals surface area contributed by atoms with Gasteiger partial charge in [-0.3, -0.25) is 33.7 Å². The average molecular weight is 590 g/mol. The van der Waals surface area contributed by atoms with E-state index in [0.717, 1.165) is 11.1 Å². The predicted octanol–water partition coefficient (Wildman–Crippen LogP) is 0.207. The van der Waals surface area contributed by atoms with Gasteiger partial charge in [-0.2, -0.15) is 0 Å². The smallest absolute Gasteiger partial charge is 0.235 e. The highest BCUT2D eigenvalue weighted by Crippen LogP contribution is 2.51. The number of carbonyl (C=O) groups is 6. The fraction of sp³-hybridized carbons (Fsp3) is 0.438. The molecule has 0 saturated heterocycles. The summed E-state index contributed by atoms with van der Waals surface area (Å²) >= 11 is 0. The van der Waals surface area contributed by atoms with Crippen molar-refractivity contribution < 1.29 is 39.0 Å². The lowest BCUT2D eigenvalue weighted by molar-refractivity contribution is -0.181. The fourth-order valence-corrected chi connectivity index (χ4v) is 7.31. The van der Waals surface area contributed by atoms with Crippen LogP contribution in [0.2, 0.25) is 0 Å². The van der Waals surface area contributed by atoms with Crippen molar-refractivity contribution in [2.24, 2.45) is 29.4 Å². The van der Waals surface area contributed by atoms with Crippen molar-refractivity contribution in [1.82, 2.24) is 9.80 Å². The van der Waals surface area contributed by atoms with Gasteiger partial charge >= 0.3 is 0 Å². The van der Waals surface area contributed by atoms with Gasteiger partial charge < -0.3 is 20.8 Å². The van der Waals surface area contributed by atoms with Gasteiger partial charge in [-0.05, 0) is 75.3 Å². The number of phenolic OH excluding ortho intramolecular Hbond substituents is 1. The molecule has 3 aliphatic carbocycles. The van der Waals surface area contributed by atoms with Crippen LogP contribution in [-0.4, -0.2) is 101 Å². The van der Waals surface area contributed by atoms with E-state index in [0.29, 0.717) is 17.7 Å². The molecule has 6 unspecified atom stereocenters. The first-order valence-electron chi connectivity index (χ1n) is 14.1. The molecule has 2 fully saturated rings. The molecule has 0 bridgehead atoms. The Morgan fingerprint density at radius 2 is 1.63 bits per heavy atom. The van der Waals surface area contributed by atoms with E-state index in [2.05, 4.69) is 0 Å². The zero-order valence-corrected chi connectivity index (χ0v) is 24.5. The number of hydrogen-bond donors (Lipinski definition) is 3. The molecule has 11 heteroatoms. The normalized spacial score (nSPS) is 28.5. The molecule has 1 amide bonds. The van der Waals surface area contributed by atoms with Crippen LogP contribution >= 0.6 is 0 Å². The molecule has 2 aromatic carbocycles. The molecule has 0 spiro atoms. The molecule has 3 aliphatic rings. The van der Waals surface area contributed by atoms with Gasteiger partial charge in [0.1, 0.15) is 5.75 Å². The summed E-state index contributed by atoms with van der Waals surface area (Å²) in [5.74, 6) is -10.7. The van der Waals surface area contributed by atoms with Gasteiger partial charge in [0.25, 0.3) is 0 Å². The first-order valence-corrected chi connectivity index (χ1v) is 14.1. The lowest BCUT2D eigenvalue weighted by atomic mass is 9.52. The van der Waals surface area contributed by atoms with Crippen LogP contribution < -0.4 is 5.73 Å². The quantitative estimate of drug-likeness (QED) is 0.379. The number of benzene rings is 2. The standard InChI is InChI=1S/C32H35N3O8/c1-34(2)14-18(36)11-15-5-7-16(8-6-15)19-9-10-22(37)24-20(19)12-17-13-21-26(35(3)4)28(39)25(31(33)42)30(41)32(21,43)29(40)23(17)27(24)38/h5-10,17,21,23,25-26,37,43H,11-14H2,1-4H3,(H2,33,42). The third kappa shape index (κ3) is 4.81. The van der Waals surface area contributed by atoms with E-state index in [1.165, 1.54) is 11.0 Å². The number of carbonyl (C=O) groups excluding carboxylic acids is 6. The lowest BCUT2D eigenvalue weighted by Gasteiger charge is -2.52. The molecule has 43 heavy (non-hydrogen) atoms. The van der Waals surface area contributed by atoms with E-state index in [4.69, 9.17) is 5.73 Å². The summed E-state index contributed by atoms with van der Waals surface area (Å²) in [6.45, 7) is 0.321. The number of amides is 1. The second kappa shape index (κ2) is 10.9. The highest BCUT2D eigenvalue weighted by molar-refractivity contribution is 6.32. The SMILES string of the molecule is CN(C)CC(=O)Cc1ccc(-c2ccc(O)c3c2CC2CC4C(N(C)C)C(=O)C(C(N)=O)C(=O)C4(O)C(=O)C2C3=O)cc1. The maximum Gasteiger partial charge on any atom is 0.235 e. The lowest BCUT2D eigenvalue weighted by Crippen LogP contribution is -2.74. The summed E-state index contributed by atoms with van der Waals surface area (Å²) in [5, 5.41) is 22.5. The number of aliphatic hydroxyl groups is 1.